The number of nitrogens with zero attached hydrogens (tertiary/aromatic N) is 1. The highest BCUT2D eigenvalue weighted by atomic mass is 16.4. The molecule has 0 radical (unpaired) electrons. The molecule has 0 unspecified atom stereocenters. The molecule has 0 saturated carbocycles. The second kappa shape index (κ2) is 9.25. The van der Waals surface area contributed by atoms with E-state index in [0.29, 0.717) is 5.70 Å². The molecule has 0 bridgehead atoms. The van der Waals surface area contributed by atoms with Gasteiger partial charge in [-0.25, -0.2) is 4.79 Å². The molecule has 3 nitrogen and oxygen atoms in total. The monoisotopic (exact) mass is 227 g/mol. The van der Waals surface area contributed by atoms with Crippen LogP contribution < -0.4 is 0 Å². The van der Waals surface area contributed by atoms with Crippen LogP contribution in [0.4, 0.5) is 0 Å². The van der Waals surface area contributed by atoms with Crippen molar-refractivity contribution in [3.8, 4) is 0 Å². The zero-order chi connectivity index (χ0) is 12.4. The van der Waals surface area contributed by atoms with Crippen LogP contribution in [0.2, 0.25) is 0 Å². The van der Waals surface area contributed by atoms with Crippen molar-refractivity contribution in [1.29, 1.82) is 0 Å². The lowest BCUT2D eigenvalue weighted by Gasteiger charge is -2.24. The largest absolute Gasteiger partial charge is 0.477 e. The van der Waals surface area contributed by atoms with Crippen molar-refractivity contribution in [2.75, 3.05) is 13.1 Å². The van der Waals surface area contributed by atoms with Crippen LogP contribution in [-0.4, -0.2) is 29.1 Å². The summed E-state index contributed by atoms with van der Waals surface area (Å²) in [5.74, 6) is -0.797. The first-order valence-corrected chi connectivity index (χ1v) is 6.35. The lowest BCUT2D eigenvalue weighted by molar-refractivity contribution is -0.134. The molecule has 0 aromatic rings. The number of allylic oxidation sites excluding steroid dienone is 1. The number of unbranched alkanes of at least 4 members (excludes halogenated alkanes) is 2. The predicted octanol–water partition coefficient (Wildman–Crippen LogP) is 3.27. The molecule has 0 aromatic carbocycles. The Hall–Kier alpha value is -0.990. The third-order valence-corrected chi connectivity index (χ3v) is 2.52. The van der Waals surface area contributed by atoms with Crippen molar-refractivity contribution >= 4 is 5.97 Å². The Balaban J connectivity index is 4.53. The van der Waals surface area contributed by atoms with Gasteiger partial charge in [0.2, 0.25) is 0 Å². The number of rotatable bonds is 9. The van der Waals surface area contributed by atoms with E-state index in [1.165, 1.54) is 0 Å². The summed E-state index contributed by atoms with van der Waals surface area (Å²) < 4.78 is 0. The van der Waals surface area contributed by atoms with Gasteiger partial charge in [0.05, 0.1) is 0 Å². The molecule has 0 saturated heterocycles. The van der Waals surface area contributed by atoms with Crippen LogP contribution in [0.5, 0.6) is 0 Å². The van der Waals surface area contributed by atoms with Crippen molar-refractivity contribution in [3.05, 3.63) is 11.8 Å². The Morgan fingerprint density at radius 1 is 1.12 bits per heavy atom. The van der Waals surface area contributed by atoms with Crippen LogP contribution >= 0.6 is 0 Å². The van der Waals surface area contributed by atoms with Crippen LogP contribution in [0.25, 0.3) is 0 Å². The van der Waals surface area contributed by atoms with E-state index in [4.69, 9.17) is 5.11 Å². The van der Waals surface area contributed by atoms with Crippen molar-refractivity contribution in [3.63, 3.8) is 0 Å². The Labute approximate surface area is 99.1 Å². The summed E-state index contributed by atoms with van der Waals surface area (Å²) >= 11 is 0. The maximum atomic E-state index is 11.1. The smallest absolute Gasteiger partial charge is 0.351 e. The Morgan fingerprint density at radius 3 is 1.94 bits per heavy atom. The molecule has 0 aromatic heterocycles. The van der Waals surface area contributed by atoms with E-state index < -0.39 is 5.97 Å². The van der Waals surface area contributed by atoms with Crippen LogP contribution in [0, 0.1) is 0 Å². The highest BCUT2D eigenvalue weighted by Gasteiger charge is 2.14. The summed E-state index contributed by atoms with van der Waals surface area (Å²) in [4.78, 5) is 13.2. The number of hydrogen-bond donors (Lipinski definition) is 1. The van der Waals surface area contributed by atoms with Crippen molar-refractivity contribution in [2.45, 2.75) is 52.9 Å². The molecule has 3 heteroatoms. The molecule has 94 valence electrons. The Kier molecular flexibility index (Phi) is 8.68. The van der Waals surface area contributed by atoms with Gasteiger partial charge < -0.3 is 10.0 Å². The third kappa shape index (κ3) is 5.79. The summed E-state index contributed by atoms with van der Waals surface area (Å²) in [5.41, 5.74) is 0.476. The summed E-state index contributed by atoms with van der Waals surface area (Å²) in [6, 6.07) is 0. The number of hydrogen-bond acceptors (Lipinski definition) is 2. The van der Waals surface area contributed by atoms with Crippen molar-refractivity contribution in [1.82, 2.24) is 4.90 Å². The molecule has 0 aliphatic heterocycles. The zero-order valence-corrected chi connectivity index (χ0v) is 10.8. The molecule has 0 heterocycles. The fourth-order valence-corrected chi connectivity index (χ4v) is 1.60. The molecule has 1 N–H and O–H groups in total. The molecule has 0 fully saturated rings. The first kappa shape index (κ1) is 15.0. The molecule has 0 aliphatic rings. The SMILES string of the molecule is CC/C=C(\C(=O)O)N(CCCC)CCCC. The summed E-state index contributed by atoms with van der Waals surface area (Å²) in [5, 5.41) is 9.16. The summed E-state index contributed by atoms with van der Waals surface area (Å²) in [6.45, 7) is 7.94. The van der Waals surface area contributed by atoms with Crippen molar-refractivity contribution < 1.29 is 9.90 Å². The fraction of sp³-hybridized carbons (Fsp3) is 0.769. The number of aliphatic carboxylic acids is 1. The van der Waals surface area contributed by atoms with Gasteiger partial charge in [-0.1, -0.05) is 39.7 Å². The van der Waals surface area contributed by atoms with Gasteiger partial charge in [0.15, 0.2) is 0 Å². The van der Waals surface area contributed by atoms with Crippen LogP contribution in [-0.2, 0) is 4.79 Å². The van der Waals surface area contributed by atoms with Gasteiger partial charge in [-0.15, -0.1) is 0 Å². The highest BCUT2D eigenvalue weighted by molar-refractivity contribution is 5.85. The van der Waals surface area contributed by atoms with E-state index in [1.807, 2.05) is 17.9 Å². The molecule has 16 heavy (non-hydrogen) atoms. The van der Waals surface area contributed by atoms with Crippen LogP contribution in [0.1, 0.15) is 52.9 Å². The van der Waals surface area contributed by atoms with Crippen LogP contribution in [0.15, 0.2) is 11.8 Å². The molecule has 0 spiro atoms. The molecular formula is C13H25NO2. The average Bonchev–Trinajstić information content (AvgIpc) is 2.26. The van der Waals surface area contributed by atoms with Gasteiger partial charge in [-0.05, 0) is 19.3 Å². The topological polar surface area (TPSA) is 40.5 Å². The summed E-state index contributed by atoms with van der Waals surface area (Å²) in [7, 11) is 0. The Bertz CT molecular complexity index is 216. The minimum atomic E-state index is -0.797. The number of carboxylic acids is 1. The third-order valence-electron chi connectivity index (χ3n) is 2.52. The Morgan fingerprint density at radius 2 is 1.62 bits per heavy atom. The molecule has 0 rings (SSSR count). The average molecular weight is 227 g/mol. The second-order valence-corrected chi connectivity index (χ2v) is 4.00. The van der Waals surface area contributed by atoms with Crippen molar-refractivity contribution in [2.24, 2.45) is 0 Å². The van der Waals surface area contributed by atoms with E-state index >= 15 is 0 Å². The van der Waals surface area contributed by atoms with Gasteiger partial charge in [-0.2, -0.15) is 0 Å². The van der Waals surface area contributed by atoms with Gasteiger partial charge in [0.25, 0.3) is 0 Å². The van der Waals surface area contributed by atoms with E-state index in [-0.39, 0.29) is 0 Å². The van der Waals surface area contributed by atoms with Gasteiger partial charge in [0.1, 0.15) is 5.70 Å². The zero-order valence-electron chi connectivity index (χ0n) is 10.8. The van der Waals surface area contributed by atoms with E-state index in [2.05, 4.69) is 13.8 Å². The minimum absolute atomic E-state index is 0.476. The molecule has 0 atom stereocenters. The quantitative estimate of drug-likeness (QED) is 0.615. The van der Waals surface area contributed by atoms with Gasteiger partial charge in [-0.3, -0.25) is 0 Å². The van der Waals surface area contributed by atoms with E-state index in [9.17, 15) is 4.79 Å². The predicted molar refractivity (Wildman–Crippen MR) is 67.4 cm³/mol. The lowest BCUT2D eigenvalue weighted by atomic mass is 10.2. The first-order chi connectivity index (χ1) is 7.67. The normalized spacial score (nSPS) is 11.6. The molecular weight excluding hydrogens is 202 g/mol. The van der Waals surface area contributed by atoms with E-state index in [1.54, 1.807) is 0 Å². The second-order valence-electron chi connectivity index (χ2n) is 4.00. The lowest BCUT2D eigenvalue weighted by Crippen LogP contribution is -2.29. The number of carboxylic acid groups (broad SMARTS) is 1. The first-order valence-electron chi connectivity index (χ1n) is 6.35. The van der Waals surface area contributed by atoms with E-state index in [0.717, 1.165) is 45.2 Å². The standard InChI is InChI=1S/C13H25NO2/c1-4-7-10-14(11-8-5-2)12(9-6-3)13(15)16/h9H,4-8,10-11H2,1-3H3,(H,15,16)/b12-9+. The minimum Gasteiger partial charge on any atom is -0.477 e. The maximum absolute atomic E-state index is 11.1. The van der Waals surface area contributed by atoms with Gasteiger partial charge in [0, 0.05) is 13.1 Å². The van der Waals surface area contributed by atoms with Gasteiger partial charge >= 0.3 is 5.97 Å². The maximum Gasteiger partial charge on any atom is 0.351 e. The van der Waals surface area contributed by atoms with Crippen LogP contribution in [0.3, 0.4) is 0 Å². The number of carbonyl (C=O) groups is 1. The fourth-order valence-electron chi connectivity index (χ4n) is 1.60. The summed E-state index contributed by atoms with van der Waals surface area (Å²) in [6.07, 6.45) is 6.89. The molecule has 0 amide bonds. The highest BCUT2D eigenvalue weighted by Crippen LogP contribution is 2.10. The molecule has 0 aliphatic carbocycles.